The minimum atomic E-state index is -4.10. The van der Waals surface area contributed by atoms with Gasteiger partial charge in [-0.2, -0.15) is 13.8 Å². The van der Waals surface area contributed by atoms with Crippen LogP contribution in [0.1, 0.15) is 16.2 Å². The molecule has 29 heavy (non-hydrogen) atoms. The van der Waals surface area contributed by atoms with Gasteiger partial charge < -0.3 is 4.52 Å². The van der Waals surface area contributed by atoms with Gasteiger partial charge in [-0.3, -0.25) is 4.79 Å². The lowest BCUT2D eigenvalue weighted by atomic mass is 10.1. The van der Waals surface area contributed by atoms with Gasteiger partial charge in [0.05, 0.1) is 10.0 Å². The normalized spacial score (nSPS) is 12.2. The summed E-state index contributed by atoms with van der Waals surface area (Å²) >= 11 is 16.6. The van der Waals surface area contributed by atoms with Gasteiger partial charge in [0.25, 0.3) is 0 Å². The molecule has 0 amide bonds. The highest BCUT2D eigenvalue weighted by Gasteiger charge is 2.35. The summed E-state index contributed by atoms with van der Waals surface area (Å²) in [5.74, 6) is -2.82. The molecule has 0 spiro atoms. The molecule has 2 aromatic carbocycles. The number of sulfone groups is 1. The number of nitrogens with zero attached hydrogens (tertiary/aromatic N) is 2. The zero-order valence-corrected chi connectivity index (χ0v) is 17.2. The van der Waals surface area contributed by atoms with Crippen LogP contribution >= 0.6 is 34.8 Å². The minimum Gasteiger partial charge on any atom is -0.331 e. The number of carbonyl (C=O) groups is 1. The highest BCUT2D eigenvalue weighted by Crippen LogP contribution is 2.32. The summed E-state index contributed by atoms with van der Waals surface area (Å²) in [4.78, 5) is 15.6. The number of carbonyl (C=O) groups excluding carboxylic acids is 1. The van der Waals surface area contributed by atoms with Gasteiger partial charge in [-0.05, 0) is 23.7 Å². The van der Waals surface area contributed by atoms with Crippen LogP contribution in [-0.4, -0.2) is 30.1 Å². The van der Waals surface area contributed by atoms with E-state index in [9.17, 15) is 22.0 Å². The Hall–Kier alpha value is -2.07. The molecule has 6 nitrogen and oxygen atoms in total. The van der Waals surface area contributed by atoms with Crippen molar-refractivity contribution in [1.82, 2.24) is 10.1 Å². The molecule has 3 aromatic rings. The third-order valence-corrected chi connectivity index (χ3v) is 6.40. The highest BCUT2D eigenvalue weighted by atomic mass is 35.5. The van der Waals surface area contributed by atoms with E-state index in [4.69, 9.17) is 34.8 Å². The van der Waals surface area contributed by atoms with Gasteiger partial charge in [0.2, 0.25) is 5.82 Å². The third-order valence-electron chi connectivity index (χ3n) is 3.68. The lowest BCUT2D eigenvalue weighted by molar-refractivity contribution is 0.0551. The molecule has 0 aliphatic heterocycles. The first-order valence-electron chi connectivity index (χ1n) is 7.70. The molecule has 0 bridgehead atoms. The fourth-order valence-electron chi connectivity index (χ4n) is 2.37. The van der Waals surface area contributed by atoms with Gasteiger partial charge in [0.15, 0.2) is 15.6 Å². The van der Waals surface area contributed by atoms with Crippen LogP contribution in [0.5, 0.6) is 0 Å². The molecule has 0 N–H and O–H groups in total. The number of rotatable bonds is 6. The molecule has 0 saturated heterocycles. The van der Waals surface area contributed by atoms with E-state index in [1.807, 2.05) is 0 Å². The first-order chi connectivity index (χ1) is 13.5. The zero-order valence-electron chi connectivity index (χ0n) is 14.1. The van der Waals surface area contributed by atoms with Crippen LogP contribution < -0.4 is 0 Å². The molecule has 3 rings (SSSR count). The lowest BCUT2D eigenvalue weighted by Crippen LogP contribution is -2.17. The summed E-state index contributed by atoms with van der Waals surface area (Å²) in [6, 6.07) is 9.49. The van der Waals surface area contributed by atoms with E-state index in [0.717, 1.165) is 0 Å². The molecule has 0 aliphatic carbocycles. The van der Waals surface area contributed by atoms with Gasteiger partial charge in [0.1, 0.15) is 10.6 Å². The smallest absolute Gasteiger partial charge is 0.331 e. The number of benzene rings is 2. The number of ketones is 1. The summed E-state index contributed by atoms with van der Waals surface area (Å²) < 4.78 is 55.4. The second-order valence-electron chi connectivity index (χ2n) is 5.73. The van der Waals surface area contributed by atoms with E-state index in [-0.39, 0.29) is 31.9 Å². The lowest BCUT2D eigenvalue weighted by Gasteiger charge is -2.08. The van der Waals surface area contributed by atoms with Gasteiger partial charge in [0, 0.05) is 11.1 Å². The number of alkyl halides is 3. The summed E-state index contributed by atoms with van der Waals surface area (Å²) in [6.45, 7) is 0. The Bertz CT molecular complexity index is 1160. The Morgan fingerprint density at radius 2 is 1.66 bits per heavy atom. The zero-order chi connectivity index (χ0) is 21.4. The van der Waals surface area contributed by atoms with Crippen LogP contribution in [0.2, 0.25) is 10.0 Å². The van der Waals surface area contributed by atoms with E-state index in [1.165, 1.54) is 42.5 Å². The molecule has 0 saturated carbocycles. The van der Waals surface area contributed by atoms with Crippen LogP contribution in [0, 0.1) is 0 Å². The predicted octanol–water partition coefficient (Wildman–Crippen LogP) is 4.99. The number of Topliss-reactive ketones (excluding diaryl/α,β-unsaturated/α-hetero) is 1. The van der Waals surface area contributed by atoms with Gasteiger partial charge in [-0.1, -0.05) is 58.7 Å². The van der Waals surface area contributed by atoms with Crippen molar-refractivity contribution in [2.24, 2.45) is 0 Å². The SMILES string of the molecule is O=C(CS(=O)(=O)c1c(Cl)cccc1Cl)c1ccc(-c2noc(C(F)(F)Cl)n2)cc1. The van der Waals surface area contributed by atoms with Crippen molar-refractivity contribution in [2.75, 3.05) is 5.75 Å². The standard InChI is InChI=1S/C17H9Cl3F2N2O4S/c18-11-2-1-3-12(19)14(11)29(26,27)8-13(25)9-4-6-10(7-5-9)15-23-16(28-24-15)17(20,21)22/h1-7H,8H2. The van der Waals surface area contributed by atoms with Crippen molar-refractivity contribution in [3.8, 4) is 11.4 Å². The van der Waals surface area contributed by atoms with Crippen molar-refractivity contribution in [3.05, 3.63) is 64.0 Å². The third kappa shape index (κ3) is 4.75. The molecule has 0 unspecified atom stereocenters. The summed E-state index contributed by atoms with van der Waals surface area (Å²) in [5.41, 5.74) is 0.321. The first kappa shape index (κ1) is 21.6. The molecule has 152 valence electrons. The fraction of sp³-hybridized carbons (Fsp3) is 0.118. The van der Waals surface area contributed by atoms with Crippen LogP contribution in [0.3, 0.4) is 0 Å². The van der Waals surface area contributed by atoms with E-state index in [2.05, 4.69) is 14.7 Å². The Morgan fingerprint density at radius 3 is 2.17 bits per heavy atom. The molecule has 0 aliphatic rings. The number of aromatic nitrogens is 2. The van der Waals surface area contributed by atoms with Crippen molar-refractivity contribution < 1.29 is 26.5 Å². The summed E-state index contributed by atoms with van der Waals surface area (Å²) in [7, 11) is -4.10. The van der Waals surface area contributed by atoms with Crippen molar-refractivity contribution in [1.29, 1.82) is 0 Å². The van der Waals surface area contributed by atoms with Crippen LogP contribution in [0.4, 0.5) is 8.78 Å². The van der Waals surface area contributed by atoms with Gasteiger partial charge in [-0.15, -0.1) is 0 Å². The molecular weight excluding hydrogens is 473 g/mol. The van der Waals surface area contributed by atoms with Crippen LogP contribution in [-0.2, 0) is 15.2 Å². The quantitative estimate of drug-likeness (QED) is 0.364. The minimum absolute atomic E-state index is 0.0619. The van der Waals surface area contributed by atoms with Crippen LogP contribution in [0.15, 0.2) is 51.9 Å². The Kier molecular flexibility index (Phi) is 5.96. The largest absolute Gasteiger partial charge is 0.400 e. The average molecular weight is 482 g/mol. The molecule has 0 radical (unpaired) electrons. The maximum absolute atomic E-state index is 13.0. The van der Waals surface area contributed by atoms with Gasteiger partial charge >= 0.3 is 11.3 Å². The predicted molar refractivity (Wildman–Crippen MR) is 102 cm³/mol. The van der Waals surface area contributed by atoms with E-state index >= 15 is 0 Å². The Balaban J connectivity index is 1.81. The molecule has 0 atom stereocenters. The molecule has 0 fully saturated rings. The van der Waals surface area contributed by atoms with Crippen molar-refractivity contribution >= 4 is 50.4 Å². The topological polar surface area (TPSA) is 90.1 Å². The summed E-state index contributed by atoms with van der Waals surface area (Å²) in [5, 5.41) is -0.611. The molecule has 1 aromatic heterocycles. The molecular formula is C17H9Cl3F2N2O4S. The van der Waals surface area contributed by atoms with E-state index in [0.29, 0.717) is 0 Å². The molecule has 12 heteroatoms. The summed E-state index contributed by atoms with van der Waals surface area (Å²) in [6.07, 6.45) is 0. The number of hydrogen-bond acceptors (Lipinski definition) is 6. The molecule has 1 heterocycles. The van der Waals surface area contributed by atoms with E-state index in [1.54, 1.807) is 0 Å². The monoisotopic (exact) mass is 480 g/mol. The maximum atomic E-state index is 13.0. The van der Waals surface area contributed by atoms with Gasteiger partial charge in [-0.25, -0.2) is 8.42 Å². The van der Waals surface area contributed by atoms with Crippen molar-refractivity contribution in [3.63, 3.8) is 0 Å². The highest BCUT2D eigenvalue weighted by molar-refractivity contribution is 7.92. The van der Waals surface area contributed by atoms with E-state index < -0.39 is 32.6 Å². The number of halogens is 5. The number of hydrogen-bond donors (Lipinski definition) is 0. The second kappa shape index (κ2) is 7.98. The van der Waals surface area contributed by atoms with Crippen molar-refractivity contribution in [2.45, 2.75) is 10.3 Å². The Morgan fingerprint density at radius 1 is 1.07 bits per heavy atom. The Labute approximate surface area is 178 Å². The maximum Gasteiger partial charge on any atom is 0.400 e. The second-order valence-corrected chi connectivity index (χ2v) is 8.95. The first-order valence-corrected chi connectivity index (χ1v) is 10.5. The van der Waals surface area contributed by atoms with Crippen LogP contribution in [0.25, 0.3) is 11.4 Å². The average Bonchev–Trinajstić information content (AvgIpc) is 3.11. The fourth-order valence-corrected chi connectivity index (χ4v) is 4.93.